The van der Waals surface area contributed by atoms with E-state index in [0.717, 1.165) is 13.1 Å². The fraction of sp³-hybridized carbons (Fsp3) is 0.500. The molecule has 0 unspecified atom stereocenters. The lowest BCUT2D eigenvalue weighted by Gasteiger charge is -1.95. The van der Waals surface area contributed by atoms with Crippen molar-refractivity contribution in [3.8, 4) is 0 Å². The van der Waals surface area contributed by atoms with Gasteiger partial charge in [0.25, 0.3) is 6.34 Å². The van der Waals surface area contributed by atoms with Gasteiger partial charge >= 0.3 is 6.03 Å². The molecule has 5 nitrogen and oxygen atoms in total. The molecule has 1 aliphatic rings. The maximum absolute atomic E-state index is 10.2. The van der Waals surface area contributed by atoms with Crippen molar-refractivity contribution in [3.05, 3.63) is 0 Å². The van der Waals surface area contributed by atoms with Crippen molar-refractivity contribution >= 4 is 12.4 Å². The first-order chi connectivity index (χ1) is 4.29. The molecule has 0 saturated carbocycles. The van der Waals surface area contributed by atoms with Gasteiger partial charge in [0.1, 0.15) is 13.1 Å². The van der Waals surface area contributed by atoms with Crippen LogP contribution >= 0.6 is 0 Å². The minimum atomic E-state index is -0.532. The molecule has 0 saturated heterocycles. The number of hydrazone groups is 1. The number of carbonyl (C=O) groups excluding carboxylic acids is 1. The molecule has 1 aliphatic heterocycles. The number of hydrazine groups is 1. The minimum absolute atomic E-state index is 0.532. The monoisotopic (exact) mass is 129 g/mol. The molecule has 0 atom stereocenters. The van der Waals surface area contributed by atoms with Crippen LogP contribution in [-0.4, -0.2) is 30.1 Å². The zero-order valence-corrected chi connectivity index (χ0v) is 4.92. The lowest BCUT2D eigenvalue weighted by Crippen LogP contribution is -2.38. The molecule has 1 heterocycles. The van der Waals surface area contributed by atoms with Crippen molar-refractivity contribution < 1.29 is 9.48 Å². The van der Waals surface area contributed by atoms with Crippen LogP contribution in [0.4, 0.5) is 4.79 Å². The Kier molecular flexibility index (Phi) is 1.53. The third-order valence-corrected chi connectivity index (χ3v) is 0.998. The van der Waals surface area contributed by atoms with Crippen LogP contribution in [-0.2, 0) is 0 Å². The first-order valence-electron chi connectivity index (χ1n) is 2.68. The number of nitrogens with two attached hydrogens (primary N) is 1. The number of amides is 2. The van der Waals surface area contributed by atoms with E-state index in [2.05, 4.69) is 10.7 Å². The Hall–Kier alpha value is -1.26. The Balaban J connectivity index is 2.35. The van der Waals surface area contributed by atoms with Gasteiger partial charge in [-0.3, -0.25) is 5.32 Å². The zero-order valence-electron chi connectivity index (χ0n) is 4.92. The maximum atomic E-state index is 10.2. The molecule has 9 heavy (non-hydrogen) atoms. The van der Waals surface area contributed by atoms with E-state index in [1.54, 1.807) is 11.0 Å². The summed E-state index contributed by atoms with van der Waals surface area (Å²) in [4.78, 5) is 10.2. The predicted molar refractivity (Wildman–Crippen MR) is 31.9 cm³/mol. The molecule has 5 heteroatoms. The summed E-state index contributed by atoms with van der Waals surface area (Å²) in [7, 11) is 0. The van der Waals surface area contributed by atoms with Crippen molar-refractivity contribution in [2.24, 2.45) is 5.73 Å². The summed E-state index contributed by atoms with van der Waals surface area (Å²) < 4.78 is 1.60. The third kappa shape index (κ3) is 1.60. The third-order valence-electron chi connectivity index (χ3n) is 0.998. The molecule has 0 aromatic carbocycles. The minimum Gasteiger partial charge on any atom is -0.349 e. The lowest BCUT2D eigenvalue weighted by atomic mass is 10.7. The van der Waals surface area contributed by atoms with Crippen LogP contribution in [0.25, 0.3) is 0 Å². The number of urea groups is 1. The highest BCUT2D eigenvalue weighted by Gasteiger charge is 2.08. The van der Waals surface area contributed by atoms with Gasteiger partial charge in [0.05, 0.1) is 0 Å². The summed E-state index contributed by atoms with van der Waals surface area (Å²) in [5, 5.41) is 2.91. The second-order valence-electron chi connectivity index (χ2n) is 1.75. The van der Waals surface area contributed by atoms with E-state index < -0.39 is 6.03 Å². The molecular formula is C4H9N4O+. The van der Waals surface area contributed by atoms with Crippen LogP contribution in [0.1, 0.15) is 0 Å². The van der Waals surface area contributed by atoms with E-state index in [4.69, 9.17) is 5.73 Å². The molecule has 0 aromatic rings. The standard InChI is InChI=1S/C4H8N4O/c5-4(9)7-8-2-1-6-3-8/h3H,1-2H2,(H3,5,7,9)/p+1. The van der Waals surface area contributed by atoms with Crippen molar-refractivity contribution in [1.82, 2.24) is 10.7 Å². The SMILES string of the molecule is NC(=O)N[N+]1=CNCC1. The van der Waals surface area contributed by atoms with Crippen molar-refractivity contribution in [2.45, 2.75) is 0 Å². The quantitative estimate of drug-likeness (QED) is 0.366. The highest BCUT2D eigenvalue weighted by Crippen LogP contribution is 1.71. The summed E-state index contributed by atoms with van der Waals surface area (Å²) in [5.41, 5.74) is 7.23. The molecule has 0 spiro atoms. The average Bonchev–Trinajstić information content (AvgIpc) is 2.15. The molecule has 0 radical (unpaired) electrons. The van der Waals surface area contributed by atoms with Crippen LogP contribution in [0.15, 0.2) is 0 Å². The molecule has 0 aromatic heterocycles. The van der Waals surface area contributed by atoms with Gasteiger partial charge in [-0.25, -0.2) is 4.79 Å². The maximum Gasteiger partial charge on any atom is 0.347 e. The lowest BCUT2D eigenvalue weighted by molar-refractivity contribution is -0.559. The van der Waals surface area contributed by atoms with Crippen LogP contribution in [0, 0.1) is 0 Å². The second-order valence-corrected chi connectivity index (χ2v) is 1.75. The van der Waals surface area contributed by atoms with Crippen LogP contribution in [0.3, 0.4) is 0 Å². The van der Waals surface area contributed by atoms with Crippen molar-refractivity contribution in [2.75, 3.05) is 13.1 Å². The Morgan fingerprint density at radius 1 is 1.89 bits per heavy atom. The van der Waals surface area contributed by atoms with E-state index in [1.165, 1.54) is 0 Å². The Morgan fingerprint density at radius 3 is 3.11 bits per heavy atom. The van der Waals surface area contributed by atoms with Gasteiger partial charge in [0.15, 0.2) is 0 Å². The summed E-state index contributed by atoms with van der Waals surface area (Å²) in [6.07, 6.45) is 1.67. The highest BCUT2D eigenvalue weighted by molar-refractivity contribution is 5.70. The summed E-state index contributed by atoms with van der Waals surface area (Å²) in [5.74, 6) is 0. The summed E-state index contributed by atoms with van der Waals surface area (Å²) in [6.45, 7) is 1.61. The van der Waals surface area contributed by atoms with E-state index in [1.807, 2.05) is 0 Å². The molecule has 4 N–H and O–H groups in total. The molecule has 0 aliphatic carbocycles. The normalized spacial score (nSPS) is 16.2. The largest absolute Gasteiger partial charge is 0.349 e. The zero-order chi connectivity index (χ0) is 6.69. The average molecular weight is 129 g/mol. The molecule has 0 fully saturated rings. The number of rotatable bonds is 1. The van der Waals surface area contributed by atoms with Crippen LogP contribution in [0.2, 0.25) is 0 Å². The first kappa shape index (κ1) is 5.87. The molecule has 1 rings (SSSR count). The van der Waals surface area contributed by atoms with Gasteiger partial charge in [-0.15, -0.1) is 0 Å². The van der Waals surface area contributed by atoms with Gasteiger partial charge in [-0.2, -0.15) is 10.1 Å². The second kappa shape index (κ2) is 2.34. The van der Waals surface area contributed by atoms with Crippen molar-refractivity contribution in [3.63, 3.8) is 0 Å². The number of nitrogens with zero attached hydrogens (tertiary/aromatic N) is 1. The molecular weight excluding hydrogens is 120 g/mol. The summed E-state index contributed by atoms with van der Waals surface area (Å²) >= 11 is 0. The van der Waals surface area contributed by atoms with E-state index >= 15 is 0 Å². The topological polar surface area (TPSA) is 70.2 Å². The number of hydrogen-bond donors (Lipinski definition) is 3. The smallest absolute Gasteiger partial charge is 0.347 e. The van der Waals surface area contributed by atoms with Gasteiger partial charge < -0.3 is 5.73 Å². The fourth-order valence-electron chi connectivity index (χ4n) is 0.654. The van der Waals surface area contributed by atoms with Gasteiger partial charge in [0, 0.05) is 0 Å². The highest BCUT2D eigenvalue weighted by atomic mass is 16.2. The first-order valence-corrected chi connectivity index (χ1v) is 2.68. The Bertz CT molecular complexity index is 153. The van der Waals surface area contributed by atoms with Gasteiger partial charge in [-0.05, 0) is 0 Å². The Labute approximate surface area is 52.5 Å². The number of carbonyl (C=O) groups is 1. The van der Waals surface area contributed by atoms with Crippen LogP contribution < -0.4 is 16.5 Å². The molecule has 50 valence electrons. The fourth-order valence-corrected chi connectivity index (χ4v) is 0.654. The molecule has 0 bridgehead atoms. The molecule has 2 amide bonds. The van der Waals surface area contributed by atoms with Crippen molar-refractivity contribution in [1.29, 1.82) is 0 Å². The van der Waals surface area contributed by atoms with E-state index in [9.17, 15) is 4.79 Å². The van der Waals surface area contributed by atoms with Gasteiger partial charge in [-0.1, -0.05) is 0 Å². The number of primary amides is 1. The Morgan fingerprint density at radius 2 is 2.67 bits per heavy atom. The van der Waals surface area contributed by atoms with Gasteiger partial charge in [0.2, 0.25) is 0 Å². The predicted octanol–water partition coefficient (Wildman–Crippen LogP) is -1.79. The number of nitrogens with one attached hydrogen (secondary N) is 2. The van der Waals surface area contributed by atoms with Crippen LogP contribution in [0.5, 0.6) is 0 Å². The van der Waals surface area contributed by atoms with E-state index in [-0.39, 0.29) is 0 Å². The number of hydrogen-bond acceptors (Lipinski definition) is 2. The summed E-state index contributed by atoms with van der Waals surface area (Å²) in [6, 6.07) is -0.532. The van der Waals surface area contributed by atoms with E-state index in [0.29, 0.717) is 0 Å².